The van der Waals surface area contributed by atoms with Gasteiger partial charge in [0, 0.05) is 31.7 Å². The van der Waals surface area contributed by atoms with Crippen molar-refractivity contribution in [1.29, 1.82) is 0 Å². The molecule has 1 aromatic carbocycles. The van der Waals surface area contributed by atoms with Crippen molar-refractivity contribution in [2.75, 3.05) is 19.6 Å². The van der Waals surface area contributed by atoms with E-state index < -0.39 is 0 Å². The molecule has 2 nitrogen and oxygen atoms in total. The van der Waals surface area contributed by atoms with E-state index in [1.54, 1.807) is 0 Å². The van der Waals surface area contributed by atoms with E-state index in [1.807, 2.05) is 0 Å². The Morgan fingerprint density at radius 2 is 2.00 bits per heavy atom. The molecule has 1 fully saturated rings. The smallest absolute Gasteiger partial charge is 0.0193 e. The molecular weight excluding hydrogens is 196 g/mol. The molecule has 0 amide bonds. The number of benzene rings is 1. The van der Waals surface area contributed by atoms with Crippen molar-refractivity contribution in [2.24, 2.45) is 0 Å². The van der Waals surface area contributed by atoms with Gasteiger partial charge in [-0.2, -0.15) is 0 Å². The molecule has 1 saturated heterocycles. The van der Waals surface area contributed by atoms with Gasteiger partial charge in [-0.15, -0.1) is 0 Å². The van der Waals surface area contributed by atoms with Crippen molar-refractivity contribution in [3.8, 4) is 0 Å². The molecule has 0 bridgehead atoms. The number of nitrogens with one attached hydrogen (secondary N) is 1. The second-order valence-corrected chi connectivity index (χ2v) is 4.89. The molecule has 88 valence electrons. The molecule has 1 aromatic rings. The first-order valence-electron chi connectivity index (χ1n) is 6.27. The molecule has 2 unspecified atom stereocenters. The fraction of sp³-hybridized carbons (Fsp3) is 0.571. The van der Waals surface area contributed by atoms with E-state index in [2.05, 4.69) is 54.4 Å². The predicted molar refractivity (Wildman–Crippen MR) is 68.6 cm³/mol. The van der Waals surface area contributed by atoms with Gasteiger partial charge in [0.15, 0.2) is 0 Å². The summed E-state index contributed by atoms with van der Waals surface area (Å²) in [7, 11) is 0. The van der Waals surface area contributed by atoms with Crippen LogP contribution in [-0.2, 0) is 6.42 Å². The quantitative estimate of drug-likeness (QED) is 0.834. The zero-order valence-corrected chi connectivity index (χ0v) is 10.3. The molecule has 0 aromatic heterocycles. The van der Waals surface area contributed by atoms with Crippen LogP contribution >= 0.6 is 0 Å². The fourth-order valence-corrected chi connectivity index (χ4v) is 2.33. The fourth-order valence-electron chi connectivity index (χ4n) is 2.33. The molecule has 0 saturated carbocycles. The number of nitrogens with zero attached hydrogens (tertiary/aromatic N) is 1. The minimum atomic E-state index is 0.631. The molecule has 0 aliphatic carbocycles. The Morgan fingerprint density at radius 3 is 2.75 bits per heavy atom. The first-order chi connectivity index (χ1) is 7.75. The predicted octanol–water partition coefficient (Wildman–Crippen LogP) is 1.91. The van der Waals surface area contributed by atoms with Crippen molar-refractivity contribution >= 4 is 0 Å². The van der Waals surface area contributed by atoms with E-state index in [-0.39, 0.29) is 0 Å². The number of rotatable bonds is 3. The average molecular weight is 218 g/mol. The monoisotopic (exact) mass is 218 g/mol. The van der Waals surface area contributed by atoms with Gasteiger partial charge in [0.25, 0.3) is 0 Å². The maximum Gasteiger partial charge on any atom is 0.0193 e. The topological polar surface area (TPSA) is 15.3 Å². The molecule has 1 N–H and O–H groups in total. The Bertz CT molecular complexity index is 310. The summed E-state index contributed by atoms with van der Waals surface area (Å²) in [5.41, 5.74) is 1.45. The van der Waals surface area contributed by atoms with Crippen molar-refractivity contribution in [3.63, 3.8) is 0 Å². The van der Waals surface area contributed by atoms with Crippen LogP contribution in [0.1, 0.15) is 19.4 Å². The summed E-state index contributed by atoms with van der Waals surface area (Å²) in [5, 5.41) is 3.52. The zero-order chi connectivity index (χ0) is 11.4. The summed E-state index contributed by atoms with van der Waals surface area (Å²) in [6, 6.07) is 12.1. The molecule has 1 aliphatic heterocycles. The maximum absolute atomic E-state index is 3.52. The molecule has 2 atom stereocenters. The summed E-state index contributed by atoms with van der Waals surface area (Å²) < 4.78 is 0. The number of hydrogen-bond acceptors (Lipinski definition) is 2. The molecular formula is C14H22N2. The lowest BCUT2D eigenvalue weighted by molar-refractivity contribution is 0.148. The third-order valence-corrected chi connectivity index (χ3v) is 3.42. The molecule has 1 aliphatic rings. The standard InChI is InChI=1S/C14H22N2/c1-12-11-16(13(2)10-15-12)9-8-14-6-4-3-5-7-14/h3-7,12-13,15H,8-11H2,1-2H3. The van der Waals surface area contributed by atoms with Crippen LogP contribution in [0.3, 0.4) is 0 Å². The SMILES string of the molecule is CC1CN(CCc2ccccc2)C(C)CN1. The van der Waals surface area contributed by atoms with Crippen molar-refractivity contribution in [3.05, 3.63) is 35.9 Å². The third-order valence-electron chi connectivity index (χ3n) is 3.42. The van der Waals surface area contributed by atoms with Gasteiger partial charge in [-0.3, -0.25) is 4.90 Å². The van der Waals surface area contributed by atoms with Crippen LogP contribution in [0.5, 0.6) is 0 Å². The Hall–Kier alpha value is -0.860. The van der Waals surface area contributed by atoms with Gasteiger partial charge in [0.1, 0.15) is 0 Å². The highest BCUT2D eigenvalue weighted by Gasteiger charge is 2.21. The summed E-state index contributed by atoms with van der Waals surface area (Å²) in [4.78, 5) is 2.59. The van der Waals surface area contributed by atoms with E-state index in [0.717, 1.165) is 13.0 Å². The first-order valence-corrected chi connectivity index (χ1v) is 6.27. The van der Waals surface area contributed by atoms with Gasteiger partial charge >= 0.3 is 0 Å². The van der Waals surface area contributed by atoms with Crippen LogP contribution in [0.25, 0.3) is 0 Å². The highest BCUT2D eigenvalue weighted by atomic mass is 15.2. The lowest BCUT2D eigenvalue weighted by Crippen LogP contribution is -2.54. The molecule has 0 radical (unpaired) electrons. The van der Waals surface area contributed by atoms with Crippen molar-refractivity contribution in [1.82, 2.24) is 10.2 Å². The van der Waals surface area contributed by atoms with Gasteiger partial charge in [0.2, 0.25) is 0 Å². The molecule has 2 rings (SSSR count). The second kappa shape index (κ2) is 5.46. The summed E-state index contributed by atoms with van der Waals surface area (Å²) in [6.45, 7) is 8.05. The lowest BCUT2D eigenvalue weighted by Gasteiger charge is -2.37. The van der Waals surface area contributed by atoms with Crippen LogP contribution in [0.4, 0.5) is 0 Å². The maximum atomic E-state index is 3.52. The Morgan fingerprint density at radius 1 is 1.25 bits per heavy atom. The molecule has 1 heterocycles. The molecule has 0 spiro atoms. The summed E-state index contributed by atoms with van der Waals surface area (Å²) in [5.74, 6) is 0. The van der Waals surface area contributed by atoms with E-state index in [9.17, 15) is 0 Å². The number of piperazine rings is 1. The highest BCUT2D eigenvalue weighted by molar-refractivity contribution is 5.14. The van der Waals surface area contributed by atoms with Crippen molar-refractivity contribution < 1.29 is 0 Å². The first kappa shape index (κ1) is 11.6. The van der Waals surface area contributed by atoms with Gasteiger partial charge in [-0.05, 0) is 25.8 Å². The van der Waals surface area contributed by atoms with Crippen LogP contribution < -0.4 is 5.32 Å². The van der Waals surface area contributed by atoms with Crippen LogP contribution in [0, 0.1) is 0 Å². The lowest BCUT2D eigenvalue weighted by atomic mass is 10.1. The average Bonchev–Trinajstić information content (AvgIpc) is 2.32. The third kappa shape index (κ3) is 3.06. The Labute approximate surface area is 98.7 Å². The largest absolute Gasteiger partial charge is 0.311 e. The second-order valence-electron chi connectivity index (χ2n) is 4.89. The Kier molecular flexibility index (Phi) is 3.97. The zero-order valence-electron chi connectivity index (χ0n) is 10.3. The summed E-state index contributed by atoms with van der Waals surface area (Å²) in [6.07, 6.45) is 1.16. The van der Waals surface area contributed by atoms with Crippen LogP contribution in [-0.4, -0.2) is 36.6 Å². The highest BCUT2D eigenvalue weighted by Crippen LogP contribution is 2.08. The van der Waals surface area contributed by atoms with E-state index in [1.165, 1.54) is 18.7 Å². The van der Waals surface area contributed by atoms with E-state index >= 15 is 0 Å². The van der Waals surface area contributed by atoms with E-state index in [4.69, 9.17) is 0 Å². The van der Waals surface area contributed by atoms with Crippen LogP contribution in [0.15, 0.2) is 30.3 Å². The van der Waals surface area contributed by atoms with Crippen LogP contribution in [0.2, 0.25) is 0 Å². The van der Waals surface area contributed by atoms with Gasteiger partial charge < -0.3 is 5.32 Å². The summed E-state index contributed by atoms with van der Waals surface area (Å²) >= 11 is 0. The Balaban J connectivity index is 1.85. The molecule has 16 heavy (non-hydrogen) atoms. The van der Waals surface area contributed by atoms with E-state index in [0.29, 0.717) is 12.1 Å². The minimum Gasteiger partial charge on any atom is -0.311 e. The number of hydrogen-bond donors (Lipinski definition) is 1. The minimum absolute atomic E-state index is 0.631. The van der Waals surface area contributed by atoms with Gasteiger partial charge in [0.05, 0.1) is 0 Å². The normalized spacial score (nSPS) is 26.9. The van der Waals surface area contributed by atoms with Gasteiger partial charge in [-0.25, -0.2) is 0 Å². The van der Waals surface area contributed by atoms with Gasteiger partial charge in [-0.1, -0.05) is 30.3 Å². The molecule has 2 heteroatoms. The van der Waals surface area contributed by atoms with Crippen molar-refractivity contribution in [2.45, 2.75) is 32.4 Å².